The number of carbonyl (C=O) groups is 4. The van der Waals surface area contributed by atoms with Crippen LogP contribution in [0.2, 0.25) is 5.02 Å². The number of aliphatic imine (C=N–C) groups is 1. The summed E-state index contributed by atoms with van der Waals surface area (Å²) in [6, 6.07) is 18.9. The maximum atomic E-state index is 12.9. The molecule has 0 aromatic heterocycles. The van der Waals surface area contributed by atoms with Gasteiger partial charge in [0, 0.05) is 48.4 Å². The summed E-state index contributed by atoms with van der Waals surface area (Å²) in [5, 5.41) is 0.626. The molecule has 3 aromatic carbocycles. The summed E-state index contributed by atoms with van der Waals surface area (Å²) >= 11 is 6.50. The first kappa shape index (κ1) is 25.4. The lowest BCUT2D eigenvalue weighted by molar-refractivity contribution is -0.133. The van der Waals surface area contributed by atoms with Crippen molar-refractivity contribution in [2.75, 3.05) is 0 Å². The van der Waals surface area contributed by atoms with E-state index in [4.69, 9.17) is 16.6 Å². The number of hydrogen-bond donors (Lipinski definition) is 0. The zero-order valence-corrected chi connectivity index (χ0v) is 22.2. The molecule has 2 aliphatic heterocycles. The fourth-order valence-corrected chi connectivity index (χ4v) is 6.01. The quantitative estimate of drug-likeness (QED) is 0.377. The van der Waals surface area contributed by atoms with Crippen LogP contribution in [-0.2, 0) is 40.2 Å². The maximum Gasteiger partial charge on any atom is 0.255 e. The number of aryl methyl sites for hydroxylation is 1. The summed E-state index contributed by atoms with van der Waals surface area (Å²) in [4.78, 5) is 56.1. The van der Waals surface area contributed by atoms with Crippen molar-refractivity contribution in [3.63, 3.8) is 0 Å². The molecular weight excluding hydrogens is 512 g/mol. The highest BCUT2D eigenvalue weighted by molar-refractivity contribution is 6.34. The number of benzene rings is 3. The summed E-state index contributed by atoms with van der Waals surface area (Å²) < 4.78 is 0. The SMILES string of the molecule is O=C1CCC(N2Cc3cc(CCC(=O)Cc4ccc(Cl)c(C5=Nc6ccccc6C5)c4)ccc3C2=O)C(=O)C1. The molecule has 6 nitrogen and oxygen atoms in total. The highest BCUT2D eigenvalue weighted by Crippen LogP contribution is 2.32. The molecule has 39 heavy (non-hydrogen) atoms. The van der Waals surface area contributed by atoms with E-state index < -0.39 is 6.04 Å². The predicted molar refractivity (Wildman–Crippen MR) is 149 cm³/mol. The van der Waals surface area contributed by atoms with E-state index in [1.54, 1.807) is 11.0 Å². The van der Waals surface area contributed by atoms with Crippen LogP contribution >= 0.6 is 11.6 Å². The monoisotopic (exact) mass is 538 g/mol. The number of Topliss-reactive ketones (excluding diaryl/α,β-unsaturated/α-hetero) is 3. The Labute approximate surface area is 231 Å². The highest BCUT2D eigenvalue weighted by atomic mass is 35.5. The van der Waals surface area contributed by atoms with Gasteiger partial charge >= 0.3 is 0 Å². The normalized spacial score (nSPS) is 18.3. The molecule has 0 bridgehead atoms. The van der Waals surface area contributed by atoms with Gasteiger partial charge in [0.25, 0.3) is 5.91 Å². The number of ketones is 3. The van der Waals surface area contributed by atoms with Crippen LogP contribution in [0.25, 0.3) is 0 Å². The molecule has 2 heterocycles. The fourth-order valence-electron chi connectivity index (χ4n) is 5.79. The fraction of sp³-hybridized carbons (Fsp3) is 0.281. The van der Waals surface area contributed by atoms with Crippen molar-refractivity contribution < 1.29 is 19.2 Å². The summed E-state index contributed by atoms with van der Waals surface area (Å²) in [7, 11) is 0. The summed E-state index contributed by atoms with van der Waals surface area (Å²) in [5.74, 6) is -0.266. The minimum Gasteiger partial charge on any atom is -0.324 e. The van der Waals surface area contributed by atoms with Gasteiger partial charge in [0.1, 0.15) is 11.6 Å². The molecule has 0 spiro atoms. The maximum absolute atomic E-state index is 12.9. The third-order valence-corrected chi connectivity index (χ3v) is 8.19. The lowest BCUT2D eigenvalue weighted by atomic mass is 9.92. The van der Waals surface area contributed by atoms with Gasteiger partial charge in [-0.25, -0.2) is 0 Å². The molecule has 1 saturated carbocycles. The van der Waals surface area contributed by atoms with Crippen molar-refractivity contribution in [2.24, 2.45) is 4.99 Å². The standard InChI is InChI=1S/C32H27ClN2O4/c33-27-11-7-20(15-26(27)29-16-21-3-1-2-4-28(21)34-29)14-23(36)8-5-19-6-10-25-22(13-19)18-35(32(25)39)30-12-9-24(37)17-31(30)38/h1-4,6-7,10-11,13,15,30H,5,8-9,12,14,16-18H2. The Morgan fingerprint density at radius 2 is 1.74 bits per heavy atom. The molecule has 7 heteroatoms. The number of nitrogens with zero attached hydrogens (tertiary/aromatic N) is 2. The second-order valence-electron chi connectivity index (χ2n) is 10.6. The molecule has 1 fully saturated rings. The molecule has 0 N–H and O–H groups in total. The van der Waals surface area contributed by atoms with Crippen LogP contribution < -0.4 is 0 Å². The van der Waals surface area contributed by atoms with Gasteiger partial charge < -0.3 is 4.90 Å². The Balaban J connectivity index is 1.08. The second-order valence-corrected chi connectivity index (χ2v) is 11.0. The zero-order valence-electron chi connectivity index (χ0n) is 21.4. The topological polar surface area (TPSA) is 83.9 Å². The van der Waals surface area contributed by atoms with Crippen LogP contribution in [0.1, 0.15) is 63.9 Å². The Kier molecular flexibility index (Phi) is 6.73. The van der Waals surface area contributed by atoms with Gasteiger partial charge in [-0.2, -0.15) is 0 Å². The number of halogens is 1. The summed E-state index contributed by atoms with van der Waals surface area (Å²) in [5.41, 5.74) is 7.27. The van der Waals surface area contributed by atoms with Gasteiger partial charge in [-0.1, -0.05) is 48.0 Å². The first-order valence-corrected chi connectivity index (χ1v) is 13.7. The molecule has 3 aromatic rings. The number of rotatable bonds is 7. The van der Waals surface area contributed by atoms with Gasteiger partial charge in [0.15, 0.2) is 5.78 Å². The van der Waals surface area contributed by atoms with Crippen molar-refractivity contribution in [3.8, 4) is 0 Å². The van der Waals surface area contributed by atoms with Gasteiger partial charge in [0.05, 0.1) is 23.9 Å². The van der Waals surface area contributed by atoms with Gasteiger partial charge in [-0.05, 0) is 59.4 Å². The van der Waals surface area contributed by atoms with Crippen molar-refractivity contribution in [1.29, 1.82) is 0 Å². The Bertz CT molecular complexity index is 1570. The number of amides is 1. The van der Waals surface area contributed by atoms with E-state index in [-0.39, 0.29) is 29.7 Å². The highest BCUT2D eigenvalue weighted by Gasteiger charge is 2.38. The van der Waals surface area contributed by atoms with E-state index >= 15 is 0 Å². The van der Waals surface area contributed by atoms with Crippen molar-refractivity contribution >= 4 is 46.3 Å². The average molecular weight is 539 g/mol. The Morgan fingerprint density at radius 1 is 0.923 bits per heavy atom. The van der Waals surface area contributed by atoms with Crippen molar-refractivity contribution in [2.45, 2.75) is 57.5 Å². The van der Waals surface area contributed by atoms with Crippen molar-refractivity contribution in [1.82, 2.24) is 4.90 Å². The molecule has 196 valence electrons. The predicted octanol–water partition coefficient (Wildman–Crippen LogP) is 5.41. The Morgan fingerprint density at radius 3 is 2.56 bits per heavy atom. The third kappa shape index (κ3) is 5.09. The smallest absolute Gasteiger partial charge is 0.255 e. The van der Waals surface area contributed by atoms with E-state index in [2.05, 4.69) is 6.07 Å². The van der Waals surface area contributed by atoms with E-state index in [0.29, 0.717) is 49.2 Å². The number of carbonyl (C=O) groups excluding carboxylic acids is 4. The molecule has 1 aliphatic carbocycles. The largest absolute Gasteiger partial charge is 0.324 e. The molecule has 1 amide bonds. The van der Waals surface area contributed by atoms with Crippen LogP contribution in [0.5, 0.6) is 0 Å². The van der Waals surface area contributed by atoms with Crippen molar-refractivity contribution in [3.05, 3.63) is 99.1 Å². The lowest BCUT2D eigenvalue weighted by Crippen LogP contribution is -2.44. The van der Waals surface area contributed by atoms with Gasteiger partial charge in [-0.3, -0.25) is 24.2 Å². The van der Waals surface area contributed by atoms with E-state index in [1.165, 1.54) is 5.56 Å². The Hall–Kier alpha value is -3.90. The van der Waals surface area contributed by atoms with E-state index in [9.17, 15) is 19.2 Å². The van der Waals surface area contributed by atoms with Crippen LogP contribution in [0.15, 0.2) is 65.7 Å². The zero-order chi connectivity index (χ0) is 27.1. The van der Waals surface area contributed by atoms with Crippen LogP contribution in [-0.4, -0.2) is 39.9 Å². The van der Waals surface area contributed by atoms with E-state index in [1.807, 2.05) is 48.5 Å². The molecule has 0 radical (unpaired) electrons. The number of para-hydroxylation sites is 1. The molecule has 1 unspecified atom stereocenters. The van der Waals surface area contributed by atoms with Crippen LogP contribution in [0, 0.1) is 0 Å². The molecule has 1 atom stereocenters. The minimum absolute atomic E-state index is 0.0555. The number of hydrogen-bond acceptors (Lipinski definition) is 5. The molecule has 3 aliphatic rings. The van der Waals surface area contributed by atoms with Gasteiger partial charge in [0.2, 0.25) is 0 Å². The first-order valence-electron chi connectivity index (χ1n) is 13.3. The van der Waals surface area contributed by atoms with Crippen LogP contribution in [0.4, 0.5) is 5.69 Å². The van der Waals surface area contributed by atoms with E-state index in [0.717, 1.165) is 40.1 Å². The van der Waals surface area contributed by atoms with Crippen LogP contribution in [0.3, 0.4) is 0 Å². The first-order chi connectivity index (χ1) is 18.9. The lowest BCUT2D eigenvalue weighted by Gasteiger charge is -2.29. The molecule has 6 rings (SSSR count). The summed E-state index contributed by atoms with van der Waals surface area (Å²) in [6.45, 7) is 0.363. The molecule has 0 saturated heterocycles. The van der Waals surface area contributed by atoms with Gasteiger partial charge in [-0.15, -0.1) is 0 Å². The third-order valence-electron chi connectivity index (χ3n) is 7.86. The second kappa shape index (κ2) is 10.3. The number of fused-ring (bicyclic) bond motifs is 2. The minimum atomic E-state index is -0.527. The summed E-state index contributed by atoms with van der Waals surface area (Å²) in [6.07, 6.45) is 2.62. The molecular formula is C32H27ClN2O4. The average Bonchev–Trinajstić information content (AvgIpc) is 3.49.